The first-order chi connectivity index (χ1) is 9.83. The molecule has 0 aromatic heterocycles. The van der Waals surface area contributed by atoms with Gasteiger partial charge in [-0.25, -0.2) is 0 Å². The Kier molecular flexibility index (Phi) is 5.44. The number of benzene rings is 2. The Bertz CT molecular complexity index is 496. The number of rotatable bonds is 7. The van der Waals surface area contributed by atoms with Crippen molar-refractivity contribution in [3.05, 3.63) is 60.2 Å². The van der Waals surface area contributed by atoms with Crippen LogP contribution in [0, 0.1) is 0 Å². The highest BCUT2D eigenvalue weighted by Gasteiger charge is 2.12. The predicted molar refractivity (Wildman–Crippen MR) is 81.3 cm³/mol. The van der Waals surface area contributed by atoms with Gasteiger partial charge in [-0.3, -0.25) is 0 Å². The molecule has 1 N–H and O–H groups in total. The van der Waals surface area contributed by atoms with Gasteiger partial charge in [0.15, 0.2) is 0 Å². The number of hydrogen-bond acceptors (Lipinski definition) is 3. The summed E-state index contributed by atoms with van der Waals surface area (Å²) in [6, 6.07) is 18.0. The molecule has 0 aliphatic heterocycles. The smallest absolute Gasteiger partial charge is 0.125 e. The van der Waals surface area contributed by atoms with Gasteiger partial charge in [-0.15, -0.1) is 0 Å². The molecule has 106 valence electrons. The van der Waals surface area contributed by atoms with Gasteiger partial charge in [0.05, 0.1) is 7.11 Å². The Morgan fingerprint density at radius 2 is 1.60 bits per heavy atom. The minimum absolute atomic E-state index is 0.0528. The molecule has 0 aliphatic rings. The summed E-state index contributed by atoms with van der Waals surface area (Å²) in [5.41, 5.74) is 1.19. The molecule has 0 saturated heterocycles. The van der Waals surface area contributed by atoms with E-state index in [0.717, 1.165) is 24.5 Å². The Balaban J connectivity index is 2.10. The molecule has 2 aromatic rings. The second kappa shape index (κ2) is 7.56. The maximum absolute atomic E-state index is 6.11. The highest BCUT2D eigenvalue weighted by Crippen LogP contribution is 2.26. The van der Waals surface area contributed by atoms with Crippen LogP contribution in [0.2, 0.25) is 0 Å². The molecule has 0 radical (unpaired) electrons. The predicted octanol–water partition coefficient (Wildman–Crippen LogP) is 3.42. The summed E-state index contributed by atoms with van der Waals surface area (Å²) in [6.45, 7) is 0.912. The van der Waals surface area contributed by atoms with E-state index in [1.807, 2.05) is 49.5 Å². The minimum Gasteiger partial charge on any atom is -0.497 e. The van der Waals surface area contributed by atoms with E-state index in [1.165, 1.54) is 5.56 Å². The molecule has 2 rings (SSSR count). The standard InChI is InChI=1S/C17H21NO2/c1-18-13-12-17(14-6-4-3-5-7-14)20-16-10-8-15(19-2)9-11-16/h3-11,17-18H,12-13H2,1-2H3. The summed E-state index contributed by atoms with van der Waals surface area (Å²) in [4.78, 5) is 0. The highest BCUT2D eigenvalue weighted by molar-refractivity contribution is 5.32. The summed E-state index contributed by atoms with van der Waals surface area (Å²) in [7, 11) is 3.62. The van der Waals surface area contributed by atoms with Crippen molar-refractivity contribution in [1.29, 1.82) is 0 Å². The quantitative estimate of drug-likeness (QED) is 0.837. The van der Waals surface area contributed by atoms with Gasteiger partial charge in [0.25, 0.3) is 0 Å². The molecule has 20 heavy (non-hydrogen) atoms. The van der Waals surface area contributed by atoms with Gasteiger partial charge < -0.3 is 14.8 Å². The molecule has 2 aromatic carbocycles. The lowest BCUT2D eigenvalue weighted by Crippen LogP contribution is -2.16. The third-order valence-electron chi connectivity index (χ3n) is 3.17. The molecule has 3 heteroatoms. The summed E-state index contributed by atoms with van der Waals surface area (Å²) in [5, 5.41) is 3.17. The molecule has 1 unspecified atom stereocenters. The van der Waals surface area contributed by atoms with E-state index in [1.54, 1.807) is 7.11 Å². The number of nitrogens with one attached hydrogen (secondary N) is 1. The highest BCUT2D eigenvalue weighted by atomic mass is 16.5. The topological polar surface area (TPSA) is 30.5 Å². The zero-order chi connectivity index (χ0) is 14.2. The van der Waals surface area contributed by atoms with Crippen LogP contribution in [-0.4, -0.2) is 20.7 Å². The summed E-state index contributed by atoms with van der Waals surface area (Å²) >= 11 is 0. The van der Waals surface area contributed by atoms with Gasteiger partial charge in [0, 0.05) is 6.42 Å². The van der Waals surface area contributed by atoms with Crippen molar-refractivity contribution in [1.82, 2.24) is 5.32 Å². The molecule has 3 nitrogen and oxygen atoms in total. The maximum Gasteiger partial charge on any atom is 0.125 e. The van der Waals surface area contributed by atoms with Crippen molar-refractivity contribution < 1.29 is 9.47 Å². The fraction of sp³-hybridized carbons (Fsp3) is 0.294. The van der Waals surface area contributed by atoms with Gasteiger partial charge >= 0.3 is 0 Å². The van der Waals surface area contributed by atoms with Gasteiger partial charge in [-0.05, 0) is 43.4 Å². The number of hydrogen-bond donors (Lipinski definition) is 1. The zero-order valence-corrected chi connectivity index (χ0v) is 12.0. The van der Waals surface area contributed by atoms with Crippen LogP contribution < -0.4 is 14.8 Å². The van der Waals surface area contributed by atoms with E-state index in [2.05, 4.69) is 17.4 Å². The third-order valence-corrected chi connectivity index (χ3v) is 3.17. The molecule has 0 saturated carbocycles. The molecule has 0 heterocycles. The fourth-order valence-electron chi connectivity index (χ4n) is 2.06. The minimum atomic E-state index is 0.0528. The molecule has 1 atom stereocenters. The van der Waals surface area contributed by atoms with Crippen LogP contribution in [0.25, 0.3) is 0 Å². The van der Waals surface area contributed by atoms with E-state index in [0.29, 0.717) is 0 Å². The van der Waals surface area contributed by atoms with Gasteiger partial charge in [-0.2, -0.15) is 0 Å². The SMILES string of the molecule is CNCCC(Oc1ccc(OC)cc1)c1ccccc1. The Labute approximate surface area is 120 Å². The first-order valence-electron chi connectivity index (χ1n) is 6.83. The second-order valence-corrected chi connectivity index (χ2v) is 4.58. The third kappa shape index (κ3) is 4.00. The van der Waals surface area contributed by atoms with Crippen LogP contribution in [0.5, 0.6) is 11.5 Å². The lowest BCUT2D eigenvalue weighted by molar-refractivity contribution is 0.195. The molecule has 0 fully saturated rings. The lowest BCUT2D eigenvalue weighted by Gasteiger charge is -2.19. The summed E-state index contributed by atoms with van der Waals surface area (Å²) in [5.74, 6) is 1.69. The molecular formula is C17H21NO2. The van der Waals surface area contributed by atoms with Crippen LogP contribution in [0.4, 0.5) is 0 Å². The van der Waals surface area contributed by atoms with Crippen molar-refractivity contribution in [3.8, 4) is 11.5 Å². The Morgan fingerprint density at radius 1 is 0.950 bits per heavy atom. The summed E-state index contributed by atoms with van der Waals surface area (Å²) < 4.78 is 11.3. The van der Waals surface area contributed by atoms with Crippen molar-refractivity contribution in [3.63, 3.8) is 0 Å². The first kappa shape index (κ1) is 14.4. The Hall–Kier alpha value is -2.00. The molecule has 0 bridgehead atoms. The molecular weight excluding hydrogens is 250 g/mol. The molecule has 0 spiro atoms. The Morgan fingerprint density at radius 3 is 2.20 bits per heavy atom. The van der Waals surface area contributed by atoms with Crippen LogP contribution in [0.3, 0.4) is 0 Å². The van der Waals surface area contributed by atoms with Crippen molar-refractivity contribution in [2.75, 3.05) is 20.7 Å². The average Bonchev–Trinajstić information content (AvgIpc) is 2.53. The van der Waals surface area contributed by atoms with Crippen LogP contribution in [0.15, 0.2) is 54.6 Å². The monoisotopic (exact) mass is 271 g/mol. The van der Waals surface area contributed by atoms with E-state index < -0.39 is 0 Å². The van der Waals surface area contributed by atoms with E-state index in [-0.39, 0.29) is 6.10 Å². The van der Waals surface area contributed by atoms with Crippen LogP contribution >= 0.6 is 0 Å². The maximum atomic E-state index is 6.11. The zero-order valence-electron chi connectivity index (χ0n) is 12.0. The average molecular weight is 271 g/mol. The van der Waals surface area contributed by atoms with E-state index >= 15 is 0 Å². The largest absolute Gasteiger partial charge is 0.497 e. The summed E-state index contributed by atoms with van der Waals surface area (Å²) in [6.07, 6.45) is 0.976. The van der Waals surface area contributed by atoms with Gasteiger partial charge in [-0.1, -0.05) is 30.3 Å². The lowest BCUT2D eigenvalue weighted by atomic mass is 10.1. The van der Waals surface area contributed by atoms with Crippen molar-refractivity contribution in [2.24, 2.45) is 0 Å². The van der Waals surface area contributed by atoms with Crippen LogP contribution in [-0.2, 0) is 0 Å². The van der Waals surface area contributed by atoms with E-state index in [4.69, 9.17) is 9.47 Å². The van der Waals surface area contributed by atoms with Crippen molar-refractivity contribution in [2.45, 2.75) is 12.5 Å². The van der Waals surface area contributed by atoms with Crippen molar-refractivity contribution >= 4 is 0 Å². The number of ether oxygens (including phenoxy) is 2. The van der Waals surface area contributed by atoms with Gasteiger partial charge in [0.2, 0.25) is 0 Å². The van der Waals surface area contributed by atoms with Gasteiger partial charge in [0.1, 0.15) is 17.6 Å². The van der Waals surface area contributed by atoms with E-state index in [9.17, 15) is 0 Å². The second-order valence-electron chi connectivity index (χ2n) is 4.58. The first-order valence-corrected chi connectivity index (χ1v) is 6.83. The normalized spacial score (nSPS) is 11.9. The molecule has 0 aliphatic carbocycles. The van der Waals surface area contributed by atoms with Crippen LogP contribution in [0.1, 0.15) is 18.1 Å². The molecule has 0 amide bonds. The fourth-order valence-corrected chi connectivity index (χ4v) is 2.06. The number of methoxy groups -OCH3 is 1.